The van der Waals surface area contributed by atoms with E-state index >= 15 is 0 Å². The second-order valence-electron chi connectivity index (χ2n) is 6.99. The van der Waals surface area contributed by atoms with Gasteiger partial charge in [-0.15, -0.1) is 0 Å². The summed E-state index contributed by atoms with van der Waals surface area (Å²) in [5.41, 5.74) is 1.89. The van der Waals surface area contributed by atoms with Crippen LogP contribution in [0.1, 0.15) is 31.8 Å². The molecule has 0 atom stereocenters. The minimum Gasteiger partial charge on any atom is -0.304 e. The lowest BCUT2D eigenvalue weighted by atomic mass is 9.98. The Balaban J connectivity index is 1.55. The van der Waals surface area contributed by atoms with E-state index in [4.69, 9.17) is 34.8 Å². The number of ketones is 1. The molecule has 4 rings (SSSR count). The van der Waals surface area contributed by atoms with Crippen molar-refractivity contribution in [3.8, 4) is 0 Å². The maximum absolute atomic E-state index is 13.0. The molecule has 4 aromatic rings. The lowest BCUT2D eigenvalue weighted by Gasteiger charge is -2.09. The molecule has 1 aromatic heterocycles. The van der Waals surface area contributed by atoms with Gasteiger partial charge in [0.25, 0.3) is 5.91 Å². The average Bonchev–Trinajstić information content (AvgIpc) is 3.13. The molecule has 3 aromatic carbocycles. The first-order valence-electron chi connectivity index (χ1n) is 9.59. The van der Waals surface area contributed by atoms with Crippen molar-refractivity contribution in [2.75, 3.05) is 5.32 Å². The summed E-state index contributed by atoms with van der Waals surface area (Å²) in [6.45, 7) is 0.457. The topological polar surface area (TPSA) is 64.0 Å². The number of benzene rings is 3. The summed E-state index contributed by atoms with van der Waals surface area (Å²) in [5.74, 6) is -0.562. The van der Waals surface area contributed by atoms with Crippen molar-refractivity contribution >= 4 is 52.3 Å². The molecule has 1 amide bonds. The molecule has 0 fully saturated rings. The van der Waals surface area contributed by atoms with Crippen LogP contribution in [-0.2, 0) is 6.54 Å². The van der Waals surface area contributed by atoms with E-state index in [1.54, 1.807) is 71.5 Å². The summed E-state index contributed by atoms with van der Waals surface area (Å²) in [7, 11) is 0. The number of nitrogens with zero attached hydrogens (tertiary/aromatic N) is 2. The van der Waals surface area contributed by atoms with Crippen molar-refractivity contribution in [2.45, 2.75) is 6.54 Å². The van der Waals surface area contributed by atoms with Crippen LogP contribution in [0.25, 0.3) is 0 Å². The number of carbonyl (C=O) groups is 2. The molecule has 0 aliphatic rings. The summed E-state index contributed by atoms with van der Waals surface area (Å²) >= 11 is 18.1. The van der Waals surface area contributed by atoms with E-state index in [1.165, 1.54) is 0 Å². The fourth-order valence-electron chi connectivity index (χ4n) is 3.15. The zero-order chi connectivity index (χ0) is 22.7. The normalized spacial score (nSPS) is 10.7. The molecule has 1 N–H and O–H groups in total. The first kappa shape index (κ1) is 22.1. The molecule has 0 spiro atoms. The highest BCUT2D eigenvalue weighted by atomic mass is 35.5. The number of amides is 1. The van der Waals surface area contributed by atoms with Crippen molar-refractivity contribution in [1.82, 2.24) is 9.78 Å². The van der Waals surface area contributed by atoms with Gasteiger partial charge in [0, 0.05) is 27.4 Å². The van der Waals surface area contributed by atoms with Crippen LogP contribution >= 0.6 is 34.8 Å². The van der Waals surface area contributed by atoms with E-state index in [1.807, 2.05) is 12.1 Å². The van der Waals surface area contributed by atoms with Crippen LogP contribution in [0.4, 0.5) is 5.82 Å². The van der Waals surface area contributed by atoms with Crippen LogP contribution in [0.5, 0.6) is 0 Å². The van der Waals surface area contributed by atoms with Gasteiger partial charge in [0.1, 0.15) is 5.02 Å². The first-order chi connectivity index (χ1) is 15.4. The van der Waals surface area contributed by atoms with Crippen molar-refractivity contribution in [3.05, 3.63) is 116 Å². The van der Waals surface area contributed by atoms with E-state index in [0.29, 0.717) is 22.2 Å². The van der Waals surface area contributed by atoms with Crippen molar-refractivity contribution in [1.29, 1.82) is 0 Å². The molecule has 32 heavy (non-hydrogen) atoms. The van der Waals surface area contributed by atoms with Gasteiger partial charge in [-0.05, 0) is 48.0 Å². The van der Waals surface area contributed by atoms with Crippen molar-refractivity contribution < 1.29 is 9.59 Å². The number of halogens is 3. The lowest BCUT2D eigenvalue weighted by Crippen LogP contribution is -2.17. The number of carbonyl (C=O) groups excluding carboxylic acids is 2. The van der Waals surface area contributed by atoms with Gasteiger partial charge in [-0.1, -0.05) is 65.1 Å². The van der Waals surface area contributed by atoms with Gasteiger partial charge in [-0.2, -0.15) is 5.10 Å². The molecular formula is C24H16Cl3N3O2. The second-order valence-corrected chi connectivity index (χ2v) is 8.27. The Morgan fingerprint density at radius 2 is 1.41 bits per heavy atom. The average molecular weight is 485 g/mol. The molecule has 0 aliphatic carbocycles. The Labute approximate surface area is 199 Å². The molecule has 0 bridgehead atoms. The Kier molecular flexibility index (Phi) is 6.61. The maximum Gasteiger partial charge on any atom is 0.257 e. The predicted octanol–water partition coefficient (Wildman–Crippen LogP) is 6.37. The Bertz CT molecular complexity index is 1280. The number of nitrogens with one attached hydrogen (secondary N) is 1. The van der Waals surface area contributed by atoms with Crippen LogP contribution in [-0.4, -0.2) is 21.5 Å². The lowest BCUT2D eigenvalue weighted by molar-refractivity contribution is 0.0996. The molecule has 8 heteroatoms. The quantitative estimate of drug-likeness (QED) is 0.323. The Morgan fingerprint density at radius 3 is 2.06 bits per heavy atom. The molecule has 0 saturated heterocycles. The van der Waals surface area contributed by atoms with Crippen LogP contribution in [0.3, 0.4) is 0 Å². The zero-order valence-electron chi connectivity index (χ0n) is 16.6. The third kappa shape index (κ3) is 5.02. The highest BCUT2D eigenvalue weighted by molar-refractivity contribution is 6.33. The number of aromatic nitrogens is 2. The van der Waals surface area contributed by atoms with Gasteiger partial charge in [-0.3, -0.25) is 14.3 Å². The van der Waals surface area contributed by atoms with E-state index in [9.17, 15) is 9.59 Å². The minimum absolute atomic E-state index is 0.208. The largest absolute Gasteiger partial charge is 0.304 e. The molecule has 0 radical (unpaired) electrons. The van der Waals surface area contributed by atoms with Crippen LogP contribution in [0, 0.1) is 0 Å². The predicted molar refractivity (Wildman–Crippen MR) is 127 cm³/mol. The SMILES string of the molecule is O=C(Nc1nn(Cc2ccc(Cl)cc2)cc1Cl)c1ccccc1C(=O)c1ccc(Cl)cc1. The maximum atomic E-state index is 13.0. The van der Waals surface area contributed by atoms with E-state index in [2.05, 4.69) is 10.4 Å². The third-order valence-corrected chi connectivity index (χ3v) is 5.51. The third-order valence-electron chi connectivity index (χ3n) is 4.73. The molecule has 1 heterocycles. The van der Waals surface area contributed by atoms with Gasteiger partial charge >= 0.3 is 0 Å². The summed E-state index contributed by atoms with van der Waals surface area (Å²) in [5, 5.41) is 8.51. The van der Waals surface area contributed by atoms with Gasteiger partial charge in [0.15, 0.2) is 11.6 Å². The van der Waals surface area contributed by atoms with E-state index < -0.39 is 5.91 Å². The Hall–Kier alpha value is -3.12. The zero-order valence-corrected chi connectivity index (χ0v) is 18.8. The van der Waals surface area contributed by atoms with Gasteiger partial charge in [0.05, 0.1) is 12.1 Å². The fraction of sp³-hybridized carbons (Fsp3) is 0.0417. The first-order valence-corrected chi connectivity index (χ1v) is 10.7. The van der Waals surface area contributed by atoms with Crippen LogP contribution in [0.2, 0.25) is 15.1 Å². The van der Waals surface area contributed by atoms with Crippen molar-refractivity contribution in [2.24, 2.45) is 0 Å². The monoisotopic (exact) mass is 483 g/mol. The van der Waals surface area contributed by atoms with Crippen LogP contribution < -0.4 is 5.32 Å². The number of hydrogen-bond acceptors (Lipinski definition) is 3. The minimum atomic E-state index is -0.485. The van der Waals surface area contributed by atoms with Gasteiger partial charge in [0.2, 0.25) is 0 Å². The van der Waals surface area contributed by atoms with Gasteiger partial charge in [-0.25, -0.2) is 0 Å². The summed E-state index contributed by atoms with van der Waals surface area (Å²) < 4.78 is 1.62. The molecule has 0 unspecified atom stereocenters. The molecule has 0 saturated carbocycles. The van der Waals surface area contributed by atoms with Gasteiger partial charge < -0.3 is 5.32 Å². The molecular weight excluding hydrogens is 469 g/mol. The molecule has 5 nitrogen and oxygen atoms in total. The van der Waals surface area contributed by atoms with Crippen LogP contribution in [0.15, 0.2) is 79.0 Å². The summed E-state index contributed by atoms with van der Waals surface area (Å²) in [4.78, 5) is 25.9. The standard InChI is InChI=1S/C24H16Cl3N3O2/c25-17-9-5-15(6-10-17)13-30-14-21(27)23(29-30)28-24(32)20-4-2-1-3-19(20)22(31)16-7-11-18(26)12-8-16/h1-12,14H,13H2,(H,28,29,32). The molecule has 160 valence electrons. The molecule has 0 aliphatic heterocycles. The summed E-state index contributed by atoms with van der Waals surface area (Å²) in [6, 6.07) is 20.4. The highest BCUT2D eigenvalue weighted by Crippen LogP contribution is 2.23. The smallest absolute Gasteiger partial charge is 0.257 e. The Morgan fingerprint density at radius 1 is 0.812 bits per heavy atom. The van der Waals surface area contributed by atoms with E-state index in [0.717, 1.165) is 5.56 Å². The number of anilines is 1. The number of hydrogen-bond donors (Lipinski definition) is 1. The highest BCUT2D eigenvalue weighted by Gasteiger charge is 2.20. The second kappa shape index (κ2) is 9.57. The number of rotatable bonds is 6. The summed E-state index contributed by atoms with van der Waals surface area (Å²) in [6.07, 6.45) is 1.62. The van der Waals surface area contributed by atoms with E-state index in [-0.39, 0.29) is 27.8 Å². The fourth-order valence-corrected chi connectivity index (χ4v) is 3.60. The van der Waals surface area contributed by atoms with Crippen molar-refractivity contribution in [3.63, 3.8) is 0 Å².